The summed E-state index contributed by atoms with van der Waals surface area (Å²) in [5.74, 6) is -0.140. The first-order chi connectivity index (χ1) is 15.1. The predicted octanol–water partition coefficient (Wildman–Crippen LogP) is 4.49. The third kappa shape index (κ3) is 5.04. The minimum Gasteiger partial charge on any atom is -0.497 e. The number of carbonyl (C=O) groups excluding carboxylic acids is 1. The Balaban J connectivity index is 1.61. The highest BCUT2D eigenvalue weighted by Gasteiger charge is 2.18. The van der Waals surface area contributed by atoms with Crippen LogP contribution in [0.25, 0.3) is 0 Å². The number of ether oxygens (including phenoxy) is 1. The molecule has 0 spiro atoms. The lowest BCUT2D eigenvalue weighted by atomic mass is 10.0. The average molecular weight is 415 g/mol. The Morgan fingerprint density at radius 2 is 1.81 bits per heavy atom. The summed E-state index contributed by atoms with van der Waals surface area (Å²) in [4.78, 5) is 16.5. The zero-order valence-corrected chi connectivity index (χ0v) is 17.2. The Morgan fingerprint density at radius 1 is 1.03 bits per heavy atom. The van der Waals surface area contributed by atoms with Crippen molar-refractivity contribution in [2.45, 2.75) is 19.4 Å². The van der Waals surface area contributed by atoms with Crippen LogP contribution in [0.15, 0.2) is 79.3 Å². The molecule has 4 aromatic rings. The van der Waals surface area contributed by atoms with E-state index in [1.807, 2.05) is 65.5 Å². The number of rotatable bonds is 8. The Bertz CT molecular complexity index is 1170. The number of methoxy groups -OCH3 is 1. The van der Waals surface area contributed by atoms with E-state index in [4.69, 9.17) is 4.74 Å². The lowest BCUT2D eigenvalue weighted by molar-refractivity contribution is 0.0987. The topological polar surface area (TPSA) is 57.0 Å². The normalized spacial score (nSPS) is 10.8. The van der Waals surface area contributed by atoms with Gasteiger partial charge in [0.1, 0.15) is 5.75 Å². The van der Waals surface area contributed by atoms with Gasteiger partial charge in [0, 0.05) is 18.8 Å². The Morgan fingerprint density at radius 3 is 2.52 bits per heavy atom. The van der Waals surface area contributed by atoms with Gasteiger partial charge in [-0.25, -0.2) is 4.39 Å². The second kappa shape index (κ2) is 9.34. The van der Waals surface area contributed by atoms with Gasteiger partial charge in [0.2, 0.25) is 0 Å². The molecule has 0 saturated carbocycles. The van der Waals surface area contributed by atoms with Gasteiger partial charge in [0.05, 0.1) is 37.5 Å². The Kier molecular flexibility index (Phi) is 6.17. The molecule has 0 N–H and O–H groups in total. The number of ketones is 1. The second-order valence-corrected chi connectivity index (χ2v) is 7.26. The number of halogens is 1. The lowest BCUT2D eigenvalue weighted by Crippen LogP contribution is -2.09. The molecule has 0 fully saturated rings. The van der Waals surface area contributed by atoms with E-state index in [1.54, 1.807) is 7.11 Å². The van der Waals surface area contributed by atoms with Gasteiger partial charge in [-0.05, 0) is 34.9 Å². The molecule has 31 heavy (non-hydrogen) atoms. The van der Waals surface area contributed by atoms with E-state index in [0.29, 0.717) is 18.7 Å². The number of pyridine rings is 1. The molecule has 0 amide bonds. The number of aromatic nitrogens is 3. The number of benzene rings is 2. The summed E-state index contributed by atoms with van der Waals surface area (Å²) in [5, 5.41) is 4.67. The van der Waals surface area contributed by atoms with Gasteiger partial charge >= 0.3 is 0 Å². The number of Topliss-reactive ketones (excluding diaryl/α,β-unsaturated/α-hetero) is 1. The molecule has 0 aliphatic heterocycles. The SMILES string of the molecule is COc1ccc(Cn2cc(Cc3ccccc3)c(CC(=O)c3ccncc3F)n2)cc1. The van der Waals surface area contributed by atoms with E-state index in [-0.39, 0.29) is 17.8 Å². The molecule has 6 heteroatoms. The summed E-state index contributed by atoms with van der Waals surface area (Å²) < 4.78 is 21.1. The maximum atomic E-state index is 14.0. The average Bonchev–Trinajstić information content (AvgIpc) is 3.15. The van der Waals surface area contributed by atoms with Gasteiger partial charge in [-0.1, -0.05) is 42.5 Å². The van der Waals surface area contributed by atoms with Crippen LogP contribution in [-0.2, 0) is 19.4 Å². The molecule has 0 bridgehead atoms. The van der Waals surface area contributed by atoms with E-state index < -0.39 is 5.82 Å². The summed E-state index contributed by atoms with van der Waals surface area (Å²) in [7, 11) is 1.63. The fraction of sp³-hybridized carbons (Fsp3) is 0.160. The number of carbonyl (C=O) groups is 1. The molecule has 0 aliphatic rings. The molecule has 4 rings (SSSR count). The third-order valence-electron chi connectivity index (χ3n) is 5.07. The largest absolute Gasteiger partial charge is 0.497 e. The second-order valence-electron chi connectivity index (χ2n) is 7.26. The maximum absolute atomic E-state index is 14.0. The number of hydrogen-bond donors (Lipinski definition) is 0. The van der Waals surface area contributed by atoms with Gasteiger partial charge in [0.25, 0.3) is 0 Å². The Labute approximate surface area is 180 Å². The van der Waals surface area contributed by atoms with Crippen molar-refractivity contribution in [1.29, 1.82) is 0 Å². The molecule has 0 radical (unpaired) electrons. The predicted molar refractivity (Wildman–Crippen MR) is 116 cm³/mol. The van der Waals surface area contributed by atoms with Crippen LogP contribution in [0.4, 0.5) is 4.39 Å². The molecule has 0 unspecified atom stereocenters. The first-order valence-corrected chi connectivity index (χ1v) is 9.97. The minimum absolute atomic E-state index is 0.0265. The van der Waals surface area contributed by atoms with Crippen molar-refractivity contribution in [1.82, 2.24) is 14.8 Å². The molecule has 2 aromatic carbocycles. The van der Waals surface area contributed by atoms with Crippen LogP contribution in [0.2, 0.25) is 0 Å². The van der Waals surface area contributed by atoms with Crippen LogP contribution in [0, 0.1) is 5.82 Å². The monoisotopic (exact) mass is 415 g/mol. The highest BCUT2D eigenvalue weighted by molar-refractivity contribution is 5.97. The van der Waals surface area contributed by atoms with Crippen molar-refractivity contribution in [3.8, 4) is 5.75 Å². The van der Waals surface area contributed by atoms with E-state index in [1.165, 1.54) is 12.3 Å². The van der Waals surface area contributed by atoms with Gasteiger partial charge in [0.15, 0.2) is 11.6 Å². The molecule has 2 aromatic heterocycles. The van der Waals surface area contributed by atoms with Crippen LogP contribution >= 0.6 is 0 Å². The smallest absolute Gasteiger partial charge is 0.171 e. The van der Waals surface area contributed by atoms with Crippen molar-refractivity contribution in [3.05, 3.63) is 113 Å². The molecule has 0 saturated heterocycles. The standard InChI is InChI=1S/C25H22FN3O2/c1-31-21-9-7-19(8-10-21)16-29-17-20(13-18-5-3-2-4-6-18)24(28-29)14-25(30)22-11-12-27-15-23(22)26/h2-12,15,17H,13-14,16H2,1H3. The van der Waals surface area contributed by atoms with E-state index in [9.17, 15) is 9.18 Å². The summed E-state index contributed by atoms with van der Waals surface area (Å²) in [6, 6.07) is 19.2. The highest BCUT2D eigenvalue weighted by atomic mass is 19.1. The summed E-state index contributed by atoms with van der Waals surface area (Å²) in [6.45, 7) is 0.559. The van der Waals surface area contributed by atoms with Crippen molar-refractivity contribution in [2.75, 3.05) is 7.11 Å². The van der Waals surface area contributed by atoms with Crippen LogP contribution in [0.5, 0.6) is 5.75 Å². The molecule has 2 heterocycles. The maximum Gasteiger partial charge on any atom is 0.171 e. The fourth-order valence-corrected chi connectivity index (χ4v) is 3.46. The molecule has 0 aliphatic carbocycles. The van der Waals surface area contributed by atoms with Gasteiger partial charge in [-0.2, -0.15) is 5.10 Å². The zero-order chi connectivity index (χ0) is 21.6. The minimum atomic E-state index is -0.616. The van der Waals surface area contributed by atoms with Crippen LogP contribution in [0.3, 0.4) is 0 Å². The summed E-state index contributed by atoms with van der Waals surface area (Å²) in [5.41, 5.74) is 3.81. The molecular formula is C25H22FN3O2. The van der Waals surface area contributed by atoms with Crippen molar-refractivity contribution >= 4 is 5.78 Å². The zero-order valence-electron chi connectivity index (χ0n) is 17.2. The Hall–Kier alpha value is -3.80. The summed E-state index contributed by atoms with van der Waals surface area (Å²) in [6.07, 6.45) is 5.11. The van der Waals surface area contributed by atoms with E-state index in [2.05, 4.69) is 10.1 Å². The van der Waals surface area contributed by atoms with Crippen LogP contribution in [-0.4, -0.2) is 27.7 Å². The number of hydrogen-bond acceptors (Lipinski definition) is 4. The first-order valence-electron chi connectivity index (χ1n) is 9.97. The molecule has 156 valence electrons. The van der Waals surface area contributed by atoms with Crippen LogP contribution in [0.1, 0.15) is 32.7 Å². The highest BCUT2D eigenvalue weighted by Crippen LogP contribution is 2.18. The first kappa shape index (κ1) is 20.5. The molecular weight excluding hydrogens is 393 g/mol. The third-order valence-corrected chi connectivity index (χ3v) is 5.07. The fourth-order valence-electron chi connectivity index (χ4n) is 3.46. The van der Waals surface area contributed by atoms with Crippen molar-refractivity contribution in [3.63, 3.8) is 0 Å². The van der Waals surface area contributed by atoms with Crippen molar-refractivity contribution < 1.29 is 13.9 Å². The van der Waals surface area contributed by atoms with Gasteiger partial charge in [-0.3, -0.25) is 14.5 Å². The molecule has 5 nitrogen and oxygen atoms in total. The van der Waals surface area contributed by atoms with Gasteiger partial charge < -0.3 is 4.74 Å². The summed E-state index contributed by atoms with van der Waals surface area (Å²) >= 11 is 0. The van der Waals surface area contributed by atoms with E-state index in [0.717, 1.165) is 28.6 Å². The van der Waals surface area contributed by atoms with Gasteiger partial charge in [-0.15, -0.1) is 0 Å². The number of nitrogens with zero attached hydrogens (tertiary/aromatic N) is 3. The van der Waals surface area contributed by atoms with E-state index >= 15 is 0 Å². The lowest BCUT2D eigenvalue weighted by Gasteiger charge is -2.04. The van der Waals surface area contributed by atoms with Crippen LogP contribution < -0.4 is 4.74 Å². The quantitative estimate of drug-likeness (QED) is 0.398. The molecule has 0 atom stereocenters. The van der Waals surface area contributed by atoms with Crippen molar-refractivity contribution in [2.24, 2.45) is 0 Å².